The van der Waals surface area contributed by atoms with E-state index in [1.165, 1.54) is 31.9 Å². The van der Waals surface area contributed by atoms with E-state index in [9.17, 15) is 4.79 Å². The highest BCUT2D eigenvalue weighted by Crippen LogP contribution is 2.03. The number of unbranched alkanes of at least 4 members (excludes halogenated alkanes) is 4. The molecule has 1 unspecified atom stereocenters. The first-order chi connectivity index (χ1) is 13.2. The Hall–Kier alpha value is -2.03. The Balaban J connectivity index is 3.53. The Morgan fingerprint density at radius 1 is 0.778 bits per heavy atom. The van der Waals surface area contributed by atoms with Crippen LogP contribution in [0.3, 0.4) is 0 Å². The summed E-state index contributed by atoms with van der Waals surface area (Å²) in [6, 6.07) is 0. The molecule has 0 spiro atoms. The van der Waals surface area contributed by atoms with Gasteiger partial charge in [-0.05, 0) is 70.3 Å². The predicted molar refractivity (Wildman–Crippen MR) is 116 cm³/mol. The maximum atomic E-state index is 10.8. The molecule has 152 valence electrons. The highest BCUT2D eigenvalue weighted by Gasteiger charge is 2.13. The molecule has 0 saturated carbocycles. The standard InChI is InChI=1S/C24H38O3/c1-3-5-6-7-8-9-10-11-12-13-14-15-16-17-18-19-20-21-22-27-23(4-2)24(25)26/h5-6,11-12,14-15,17-18,21-23H,3-4,7-10,13,16,19-20H2,1-2H3,(H,25,26)/b6-5-,12-11-,15-14-,18-17-,22-21+. The van der Waals surface area contributed by atoms with E-state index in [1.54, 1.807) is 6.92 Å². The van der Waals surface area contributed by atoms with Crippen LogP contribution in [0.1, 0.15) is 78.1 Å². The van der Waals surface area contributed by atoms with Crippen molar-refractivity contribution in [2.75, 3.05) is 0 Å². The van der Waals surface area contributed by atoms with Crippen molar-refractivity contribution in [3.8, 4) is 0 Å². The second kappa shape index (κ2) is 20.3. The molecule has 3 heteroatoms. The van der Waals surface area contributed by atoms with Gasteiger partial charge in [-0.3, -0.25) is 0 Å². The van der Waals surface area contributed by atoms with Crippen LogP contribution in [0, 0.1) is 0 Å². The summed E-state index contributed by atoms with van der Waals surface area (Å²) in [5.74, 6) is -0.913. The average Bonchev–Trinajstić information content (AvgIpc) is 2.66. The van der Waals surface area contributed by atoms with Gasteiger partial charge in [0.25, 0.3) is 0 Å². The molecule has 0 saturated heterocycles. The van der Waals surface area contributed by atoms with Crippen LogP contribution in [0.4, 0.5) is 0 Å². The van der Waals surface area contributed by atoms with Gasteiger partial charge in [-0.25, -0.2) is 4.79 Å². The maximum absolute atomic E-state index is 10.8. The fraction of sp³-hybridized carbons (Fsp3) is 0.542. The lowest BCUT2D eigenvalue weighted by molar-refractivity contribution is -0.147. The topological polar surface area (TPSA) is 46.5 Å². The maximum Gasteiger partial charge on any atom is 0.344 e. The summed E-state index contributed by atoms with van der Waals surface area (Å²) in [4.78, 5) is 10.8. The summed E-state index contributed by atoms with van der Waals surface area (Å²) in [7, 11) is 0. The molecule has 1 N–H and O–H groups in total. The molecular weight excluding hydrogens is 336 g/mol. The van der Waals surface area contributed by atoms with Crippen molar-refractivity contribution in [1.82, 2.24) is 0 Å². The van der Waals surface area contributed by atoms with Crippen LogP contribution < -0.4 is 0 Å². The molecule has 0 aliphatic heterocycles. The number of allylic oxidation sites excluding steroid dienone is 9. The Kier molecular flexibility index (Phi) is 18.8. The molecule has 0 bridgehead atoms. The summed E-state index contributed by atoms with van der Waals surface area (Å²) in [5, 5.41) is 8.84. The van der Waals surface area contributed by atoms with Crippen molar-refractivity contribution >= 4 is 5.97 Å². The molecule has 1 atom stereocenters. The van der Waals surface area contributed by atoms with E-state index in [0.29, 0.717) is 6.42 Å². The zero-order chi connectivity index (χ0) is 20.0. The van der Waals surface area contributed by atoms with E-state index in [4.69, 9.17) is 9.84 Å². The van der Waals surface area contributed by atoms with Crippen molar-refractivity contribution in [3.05, 3.63) is 60.9 Å². The van der Waals surface area contributed by atoms with Gasteiger partial charge in [-0.15, -0.1) is 0 Å². The third-order valence-corrected chi connectivity index (χ3v) is 3.92. The number of ether oxygens (including phenoxy) is 1. The molecule has 0 aromatic carbocycles. The normalized spacial score (nSPS) is 13.7. The van der Waals surface area contributed by atoms with Crippen LogP contribution in [0.5, 0.6) is 0 Å². The Morgan fingerprint density at radius 2 is 1.30 bits per heavy atom. The summed E-state index contributed by atoms with van der Waals surface area (Å²) in [5.41, 5.74) is 0. The highest BCUT2D eigenvalue weighted by molar-refractivity contribution is 5.72. The number of carboxylic acid groups (broad SMARTS) is 1. The van der Waals surface area contributed by atoms with E-state index in [1.807, 2.05) is 6.08 Å². The minimum atomic E-state index is -0.913. The highest BCUT2D eigenvalue weighted by atomic mass is 16.5. The van der Waals surface area contributed by atoms with Gasteiger partial charge in [0.15, 0.2) is 6.10 Å². The van der Waals surface area contributed by atoms with Gasteiger partial charge < -0.3 is 9.84 Å². The van der Waals surface area contributed by atoms with Crippen LogP contribution in [-0.2, 0) is 9.53 Å². The molecule has 0 aliphatic carbocycles. The first kappa shape index (κ1) is 25.0. The molecule has 0 fully saturated rings. The van der Waals surface area contributed by atoms with Crippen LogP contribution >= 0.6 is 0 Å². The SMILES string of the molecule is CC/C=C\CCCC/C=C\C/C=C\C/C=C\CC/C=C/OC(CC)C(=O)O. The van der Waals surface area contributed by atoms with Crippen LogP contribution in [0.15, 0.2) is 60.9 Å². The average molecular weight is 375 g/mol. The van der Waals surface area contributed by atoms with Crippen LogP contribution in [0.2, 0.25) is 0 Å². The number of carbonyl (C=O) groups is 1. The summed E-state index contributed by atoms with van der Waals surface area (Å²) in [6.07, 6.45) is 30.7. The molecule has 0 aliphatic rings. The first-order valence-electron chi connectivity index (χ1n) is 10.4. The van der Waals surface area contributed by atoms with Gasteiger partial charge in [0.05, 0.1) is 6.26 Å². The molecule has 0 amide bonds. The molecule has 0 rings (SSSR count). The molecule has 27 heavy (non-hydrogen) atoms. The van der Waals surface area contributed by atoms with Crippen molar-refractivity contribution < 1.29 is 14.6 Å². The molecular formula is C24H38O3. The summed E-state index contributed by atoms with van der Waals surface area (Å²) >= 11 is 0. The molecule has 0 aromatic rings. The smallest absolute Gasteiger partial charge is 0.344 e. The minimum Gasteiger partial charge on any atom is -0.487 e. The van der Waals surface area contributed by atoms with Crippen molar-refractivity contribution in [2.45, 2.75) is 84.2 Å². The zero-order valence-electron chi connectivity index (χ0n) is 17.2. The fourth-order valence-corrected chi connectivity index (χ4v) is 2.33. The number of hydrogen-bond donors (Lipinski definition) is 1. The third-order valence-electron chi connectivity index (χ3n) is 3.92. The first-order valence-corrected chi connectivity index (χ1v) is 10.4. The van der Waals surface area contributed by atoms with Gasteiger partial charge in [0, 0.05) is 0 Å². The van der Waals surface area contributed by atoms with Crippen molar-refractivity contribution in [3.63, 3.8) is 0 Å². The predicted octanol–water partition coefficient (Wildman–Crippen LogP) is 7.14. The quantitative estimate of drug-likeness (QED) is 0.167. The lowest BCUT2D eigenvalue weighted by Crippen LogP contribution is -2.20. The Bertz CT molecular complexity index is 484. The minimum absolute atomic E-state index is 0.470. The van der Waals surface area contributed by atoms with E-state index >= 15 is 0 Å². The second-order valence-corrected chi connectivity index (χ2v) is 6.37. The number of carboxylic acids is 1. The largest absolute Gasteiger partial charge is 0.487 e. The van der Waals surface area contributed by atoms with Crippen LogP contribution in [-0.4, -0.2) is 17.2 Å². The van der Waals surface area contributed by atoms with Crippen molar-refractivity contribution in [1.29, 1.82) is 0 Å². The molecule has 0 aromatic heterocycles. The zero-order valence-corrected chi connectivity index (χ0v) is 17.2. The van der Waals surface area contributed by atoms with Gasteiger partial charge >= 0.3 is 5.97 Å². The molecule has 0 radical (unpaired) electrons. The van der Waals surface area contributed by atoms with Crippen LogP contribution in [0.25, 0.3) is 0 Å². The number of aliphatic carboxylic acids is 1. The summed E-state index contributed by atoms with van der Waals surface area (Å²) < 4.78 is 5.16. The Labute approximate surface area is 166 Å². The fourth-order valence-electron chi connectivity index (χ4n) is 2.33. The van der Waals surface area contributed by atoms with Crippen molar-refractivity contribution in [2.24, 2.45) is 0 Å². The van der Waals surface area contributed by atoms with E-state index in [-0.39, 0.29) is 0 Å². The molecule has 3 nitrogen and oxygen atoms in total. The van der Waals surface area contributed by atoms with Gasteiger partial charge in [-0.2, -0.15) is 0 Å². The van der Waals surface area contributed by atoms with Gasteiger partial charge in [-0.1, -0.05) is 62.5 Å². The number of rotatable bonds is 17. The monoisotopic (exact) mass is 374 g/mol. The number of hydrogen-bond acceptors (Lipinski definition) is 2. The Morgan fingerprint density at radius 3 is 1.85 bits per heavy atom. The third kappa shape index (κ3) is 18.6. The van der Waals surface area contributed by atoms with E-state index < -0.39 is 12.1 Å². The summed E-state index contributed by atoms with van der Waals surface area (Å²) in [6.45, 7) is 3.97. The van der Waals surface area contributed by atoms with Gasteiger partial charge in [0.1, 0.15) is 0 Å². The van der Waals surface area contributed by atoms with E-state index in [0.717, 1.165) is 32.1 Å². The molecule has 0 heterocycles. The lowest BCUT2D eigenvalue weighted by atomic mass is 10.1. The lowest BCUT2D eigenvalue weighted by Gasteiger charge is -2.08. The van der Waals surface area contributed by atoms with E-state index in [2.05, 4.69) is 55.5 Å². The second-order valence-electron chi connectivity index (χ2n) is 6.37. The van der Waals surface area contributed by atoms with Gasteiger partial charge in [0.2, 0.25) is 0 Å².